The second-order valence-corrected chi connectivity index (χ2v) is 15.4. The molecular weight excluding hydrogens is 569 g/mol. The van der Waals surface area contributed by atoms with Crippen LogP contribution in [0.2, 0.25) is 0 Å². The lowest BCUT2D eigenvalue weighted by molar-refractivity contribution is 0.285. The summed E-state index contributed by atoms with van der Waals surface area (Å²) in [6.45, 7) is 5.09. The third-order valence-corrected chi connectivity index (χ3v) is 12.6. The molecule has 0 radical (unpaired) electrons. The molecule has 0 saturated heterocycles. The van der Waals surface area contributed by atoms with Crippen LogP contribution in [0.25, 0.3) is 0 Å². The lowest BCUT2D eigenvalue weighted by Crippen LogP contribution is -2.35. The van der Waals surface area contributed by atoms with Crippen LogP contribution in [0.15, 0.2) is 155 Å². The lowest BCUT2D eigenvalue weighted by atomic mass is 9.74. The number of fused-ring (bicyclic) bond motifs is 5. The Bertz CT molecular complexity index is 1810. The van der Waals surface area contributed by atoms with Crippen molar-refractivity contribution in [3.63, 3.8) is 0 Å². The molecule has 0 spiro atoms. The fourth-order valence-corrected chi connectivity index (χ4v) is 10.2. The Morgan fingerprint density at radius 3 is 2.47 bits per heavy atom. The van der Waals surface area contributed by atoms with E-state index in [1.54, 1.807) is 22.4 Å². The number of hydrogen-bond acceptors (Lipinski definition) is 2. The van der Waals surface area contributed by atoms with Gasteiger partial charge in [-0.15, -0.1) is 0 Å². The Hall–Kier alpha value is -4.04. The molecule has 238 valence electrons. The Balaban J connectivity index is 1.01. The first-order valence-electron chi connectivity index (χ1n) is 18.4. The minimum Gasteiger partial charge on any atom is -0.341 e. The molecule has 2 aromatic carbocycles. The fraction of sp³-hybridized carbons (Fsp3) is 0.378. The molecule has 47 heavy (non-hydrogen) atoms. The largest absolute Gasteiger partial charge is 0.341 e. The van der Waals surface area contributed by atoms with Gasteiger partial charge in [0.05, 0.1) is 0 Å². The summed E-state index contributed by atoms with van der Waals surface area (Å²) in [5, 5.41) is 0. The summed E-state index contributed by atoms with van der Waals surface area (Å²) >= 11 is 0. The van der Waals surface area contributed by atoms with E-state index in [1.165, 1.54) is 66.9 Å². The molecule has 5 unspecified atom stereocenters. The van der Waals surface area contributed by atoms with Gasteiger partial charge in [-0.1, -0.05) is 110 Å². The molecule has 0 amide bonds. The Morgan fingerprint density at radius 2 is 1.66 bits per heavy atom. The van der Waals surface area contributed by atoms with Gasteiger partial charge in [-0.25, -0.2) is 0 Å². The standard InChI is InChI=1S/C45H48N2/c1-45(2)41-29-35(46(33-15-7-4-8-16-33)34-23-21-32(22-24-34)31-13-5-3-6-14-31)25-27-37(41)38-28-26-36(30-42(38)45)47-43-19-11-9-17-39(43)40-18-10-12-20-44(40)47/h3-9,13-17,21,23-27,30,32,38-39,41,43H,10-12,18-20,22,28-29H2,1-2H3. The summed E-state index contributed by atoms with van der Waals surface area (Å²) in [5.41, 5.74) is 13.7. The summed E-state index contributed by atoms with van der Waals surface area (Å²) in [7, 11) is 0. The molecule has 2 aromatic rings. The molecule has 1 heterocycles. The highest BCUT2D eigenvalue weighted by molar-refractivity contribution is 5.63. The van der Waals surface area contributed by atoms with Gasteiger partial charge < -0.3 is 9.80 Å². The average Bonchev–Trinajstić information content (AvgIpc) is 3.58. The second kappa shape index (κ2) is 11.6. The predicted octanol–water partition coefficient (Wildman–Crippen LogP) is 11.3. The summed E-state index contributed by atoms with van der Waals surface area (Å²) in [6.07, 6.45) is 33.5. The van der Waals surface area contributed by atoms with Gasteiger partial charge in [-0.05, 0) is 111 Å². The van der Waals surface area contributed by atoms with Crippen molar-refractivity contribution >= 4 is 5.69 Å². The number of benzene rings is 2. The summed E-state index contributed by atoms with van der Waals surface area (Å²) < 4.78 is 0. The van der Waals surface area contributed by atoms with Gasteiger partial charge in [-0.3, -0.25) is 0 Å². The number of allylic oxidation sites excluding steroid dienone is 12. The van der Waals surface area contributed by atoms with Crippen molar-refractivity contribution in [2.45, 2.75) is 83.6 Å². The summed E-state index contributed by atoms with van der Waals surface area (Å²) in [6, 6.07) is 22.6. The number of para-hydroxylation sites is 1. The van der Waals surface area contributed by atoms with Gasteiger partial charge in [0.15, 0.2) is 0 Å². The molecule has 5 atom stereocenters. The normalized spacial score (nSPS) is 30.3. The zero-order valence-corrected chi connectivity index (χ0v) is 28.1. The minimum absolute atomic E-state index is 0.114. The number of anilines is 1. The summed E-state index contributed by atoms with van der Waals surface area (Å²) in [4.78, 5) is 5.38. The molecule has 0 aromatic heterocycles. The van der Waals surface area contributed by atoms with Crippen LogP contribution in [0.5, 0.6) is 0 Å². The van der Waals surface area contributed by atoms with Gasteiger partial charge in [0, 0.05) is 52.3 Å². The van der Waals surface area contributed by atoms with E-state index in [0.717, 1.165) is 19.3 Å². The van der Waals surface area contributed by atoms with Crippen molar-refractivity contribution in [3.8, 4) is 0 Å². The SMILES string of the molecule is CC1(C)C2=CC(N3C4=C(CCCC4)C4C=CCCC43)=CCC2C2=CC=C(N(C3=CCC(c4ccccc4)C=C3)c3ccccc3)CC21. The second-order valence-electron chi connectivity index (χ2n) is 15.4. The van der Waals surface area contributed by atoms with E-state index in [2.05, 4.69) is 139 Å². The maximum atomic E-state index is 2.84. The molecular formula is C45H48N2. The van der Waals surface area contributed by atoms with Crippen LogP contribution >= 0.6 is 0 Å². The zero-order chi connectivity index (χ0) is 31.5. The molecule has 9 rings (SSSR count). The van der Waals surface area contributed by atoms with Crippen LogP contribution in [-0.2, 0) is 0 Å². The molecule has 0 N–H and O–H groups in total. The number of nitrogens with zero attached hydrogens (tertiary/aromatic N) is 2. The van der Waals surface area contributed by atoms with Crippen LogP contribution in [0, 0.1) is 23.2 Å². The molecule has 2 heteroatoms. The van der Waals surface area contributed by atoms with E-state index in [0.29, 0.717) is 29.7 Å². The van der Waals surface area contributed by atoms with Gasteiger partial charge in [-0.2, -0.15) is 0 Å². The van der Waals surface area contributed by atoms with Crippen LogP contribution in [0.1, 0.15) is 83.1 Å². The number of hydrogen-bond donors (Lipinski definition) is 0. The van der Waals surface area contributed by atoms with Gasteiger partial charge in [0.1, 0.15) is 0 Å². The van der Waals surface area contributed by atoms with Crippen molar-refractivity contribution in [1.82, 2.24) is 4.90 Å². The molecule has 6 aliphatic carbocycles. The van der Waals surface area contributed by atoms with Crippen LogP contribution in [0.3, 0.4) is 0 Å². The first kappa shape index (κ1) is 29.1. The summed E-state index contributed by atoms with van der Waals surface area (Å²) in [5.74, 6) is 2.12. The highest BCUT2D eigenvalue weighted by atomic mass is 15.2. The van der Waals surface area contributed by atoms with Crippen molar-refractivity contribution in [1.29, 1.82) is 0 Å². The Kier molecular flexibility index (Phi) is 7.18. The third kappa shape index (κ3) is 4.82. The fourth-order valence-electron chi connectivity index (χ4n) is 10.2. The van der Waals surface area contributed by atoms with Crippen LogP contribution < -0.4 is 4.90 Å². The van der Waals surface area contributed by atoms with Gasteiger partial charge >= 0.3 is 0 Å². The predicted molar refractivity (Wildman–Crippen MR) is 195 cm³/mol. The van der Waals surface area contributed by atoms with Gasteiger partial charge in [0.25, 0.3) is 0 Å². The van der Waals surface area contributed by atoms with E-state index in [-0.39, 0.29) is 5.41 Å². The zero-order valence-electron chi connectivity index (χ0n) is 28.1. The van der Waals surface area contributed by atoms with Gasteiger partial charge in [0.2, 0.25) is 0 Å². The van der Waals surface area contributed by atoms with E-state index >= 15 is 0 Å². The molecule has 7 aliphatic rings. The van der Waals surface area contributed by atoms with Crippen molar-refractivity contribution in [3.05, 3.63) is 160 Å². The third-order valence-electron chi connectivity index (χ3n) is 12.6. The van der Waals surface area contributed by atoms with Crippen molar-refractivity contribution in [2.24, 2.45) is 23.2 Å². The topological polar surface area (TPSA) is 6.48 Å². The monoisotopic (exact) mass is 616 g/mol. The molecule has 1 aliphatic heterocycles. The van der Waals surface area contributed by atoms with Crippen molar-refractivity contribution in [2.75, 3.05) is 4.90 Å². The van der Waals surface area contributed by atoms with E-state index in [9.17, 15) is 0 Å². The highest BCUT2D eigenvalue weighted by Crippen LogP contribution is 2.60. The maximum absolute atomic E-state index is 2.84. The van der Waals surface area contributed by atoms with Crippen LogP contribution in [-0.4, -0.2) is 10.9 Å². The maximum Gasteiger partial charge on any atom is 0.0458 e. The van der Waals surface area contributed by atoms with Crippen molar-refractivity contribution < 1.29 is 0 Å². The van der Waals surface area contributed by atoms with Crippen LogP contribution in [0.4, 0.5) is 5.69 Å². The molecule has 1 fully saturated rings. The first-order chi connectivity index (χ1) is 23.1. The van der Waals surface area contributed by atoms with E-state index in [4.69, 9.17) is 0 Å². The van der Waals surface area contributed by atoms with E-state index in [1.807, 2.05) is 0 Å². The first-order valence-corrected chi connectivity index (χ1v) is 18.4. The Morgan fingerprint density at radius 1 is 0.851 bits per heavy atom. The highest BCUT2D eigenvalue weighted by Gasteiger charge is 2.51. The quantitative estimate of drug-likeness (QED) is 0.308. The average molecular weight is 617 g/mol. The minimum atomic E-state index is 0.114. The smallest absolute Gasteiger partial charge is 0.0458 e. The lowest BCUT2D eigenvalue weighted by Gasteiger charge is -2.38. The number of rotatable bonds is 5. The Labute approximate surface area is 281 Å². The molecule has 1 saturated carbocycles. The molecule has 0 bridgehead atoms. The van der Waals surface area contributed by atoms with E-state index < -0.39 is 0 Å². The molecule has 2 nitrogen and oxygen atoms in total.